The number of nitrogens with zero attached hydrogens (tertiary/aromatic N) is 2. The molecule has 2 unspecified atom stereocenters. The van der Waals surface area contributed by atoms with Crippen LogP contribution in [0.15, 0.2) is 18.2 Å². The van der Waals surface area contributed by atoms with Gasteiger partial charge in [0.15, 0.2) is 5.82 Å². The molecule has 1 amide bonds. The highest BCUT2D eigenvalue weighted by Gasteiger charge is 2.28. The Morgan fingerprint density at radius 3 is 2.92 bits per heavy atom. The van der Waals surface area contributed by atoms with Gasteiger partial charge in [0.25, 0.3) is 5.69 Å². The number of rotatable bonds is 6. The van der Waals surface area contributed by atoms with E-state index in [9.17, 15) is 19.3 Å². The fourth-order valence-corrected chi connectivity index (χ4v) is 3.14. The van der Waals surface area contributed by atoms with Crippen LogP contribution in [-0.2, 0) is 4.79 Å². The van der Waals surface area contributed by atoms with Crippen molar-refractivity contribution in [3.05, 3.63) is 34.1 Å². The number of hydrogen-bond donors (Lipinski definition) is 1. The quantitative estimate of drug-likeness (QED) is 0.638. The standard InChI is InChI=1S/C17H24FN3O3/c1-3-5-12(2)19-17(22)13-6-4-9-20(11-13)16-8-7-14(21(23)24)10-15(16)18/h7-8,10,12-13H,3-6,9,11H2,1-2H3,(H,19,22). The van der Waals surface area contributed by atoms with Gasteiger partial charge in [-0.1, -0.05) is 13.3 Å². The molecule has 1 aliphatic heterocycles. The molecule has 1 aliphatic rings. The number of halogens is 1. The summed E-state index contributed by atoms with van der Waals surface area (Å²) in [6.45, 7) is 5.13. The molecule has 0 saturated carbocycles. The molecule has 1 aromatic carbocycles. The van der Waals surface area contributed by atoms with Crippen molar-refractivity contribution in [3.8, 4) is 0 Å². The third-order valence-corrected chi connectivity index (χ3v) is 4.39. The Morgan fingerprint density at radius 2 is 2.29 bits per heavy atom. The second-order valence-electron chi connectivity index (χ2n) is 6.38. The van der Waals surface area contributed by atoms with E-state index < -0.39 is 10.7 Å². The summed E-state index contributed by atoms with van der Waals surface area (Å²) in [4.78, 5) is 24.3. The molecule has 1 aromatic rings. The normalized spacial score (nSPS) is 19.0. The molecule has 6 nitrogen and oxygen atoms in total. The van der Waals surface area contributed by atoms with Gasteiger partial charge in [-0.3, -0.25) is 14.9 Å². The first-order valence-corrected chi connectivity index (χ1v) is 8.41. The highest BCUT2D eigenvalue weighted by Crippen LogP contribution is 2.28. The van der Waals surface area contributed by atoms with Crippen molar-refractivity contribution < 1.29 is 14.1 Å². The molecular weight excluding hydrogens is 313 g/mol. The molecule has 0 radical (unpaired) electrons. The number of piperidine rings is 1. The molecule has 2 atom stereocenters. The highest BCUT2D eigenvalue weighted by atomic mass is 19.1. The van der Waals surface area contributed by atoms with Crippen LogP contribution in [0.4, 0.5) is 15.8 Å². The molecule has 2 rings (SSSR count). The van der Waals surface area contributed by atoms with E-state index in [-0.39, 0.29) is 23.6 Å². The summed E-state index contributed by atoms with van der Waals surface area (Å²) in [5.41, 5.74) is 0.0515. The van der Waals surface area contributed by atoms with E-state index >= 15 is 0 Å². The van der Waals surface area contributed by atoms with E-state index in [1.54, 1.807) is 4.90 Å². The Balaban J connectivity index is 2.05. The molecular formula is C17H24FN3O3. The molecule has 0 bridgehead atoms. The van der Waals surface area contributed by atoms with Crippen molar-refractivity contribution in [2.45, 2.75) is 45.6 Å². The van der Waals surface area contributed by atoms with Crippen LogP contribution in [0.3, 0.4) is 0 Å². The van der Waals surface area contributed by atoms with Crippen LogP contribution < -0.4 is 10.2 Å². The number of carbonyl (C=O) groups is 1. The van der Waals surface area contributed by atoms with Gasteiger partial charge < -0.3 is 10.2 Å². The summed E-state index contributed by atoms with van der Waals surface area (Å²) in [7, 11) is 0. The summed E-state index contributed by atoms with van der Waals surface area (Å²) in [6, 6.07) is 3.79. The topological polar surface area (TPSA) is 75.5 Å². The minimum absolute atomic E-state index is 0.00275. The summed E-state index contributed by atoms with van der Waals surface area (Å²) in [5.74, 6) is -0.805. The lowest BCUT2D eigenvalue weighted by atomic mass is 9.96. The molecule has 0 aliphatic carbocycles. The molecule has 1 N–H and O–H groups in total. The predicted octanol–water partition coefficient (Wildman–Crippen LogP) is 3.26. The number of benzene rings is 1. The molecule has 1 fully saturated rings. The maximum Gasteiger partial charge on any atom is 0.272 e. The van der Waals surface area contributed by atoms with Crippen molar-refractivity contribution in [1.82, 2.24) is 5.32 Å². The van der Waals surface area contributed by atoms with Gasteiger partial charge in [-0.25, -0.2) is 4.39 Å². The lowest BCUT2D eigenvalue weighted by molar-refractivity contribution is -0.385. The molecule has 1 heterocycles. The Labute approximate surface area is 141 Å². The zero-order valence-electron chi connectivity index (χ0n) is 14.1. The van der Waals surface area contributed by atoms with Gasteiger partial charge in [0.1, 0.15) is 0 Å². The summed E-state index contributed by atoms with van der Waals surface area (Å²) < 4.78 is 14.2. The number of non-ortho nitro benzene ring substituents is 1. The Morgan fingerprint density at radius 1 is 1.54 bits per heavy atom. The number of nitro benzene ring substituents is 1. The first-order valence-electron chi connectivity index (χ1n) is 8.41. The maximum atomic E-state index is 14.2. The highest BCUT2D eigenvalue weighted by molar-refractivity contribution is 5.80. The van der Waals surface area contributed by atoms with Gasteiger partial charge in [0, 0.05) is 25.2 Å². The van der Waals surface area contributed by atoms with Crippen LogP contribution in [0.1, 0.15) is 39.5 Å². The van der Waals surface area contributed by atoms with Crippen LogP contribution in [0.5, 0.6) is 0 Å². The van der Waals surface area contributed by atoms with Crippen molar-refractivity contribution in [2.24, 2.45) is 5.92 Å². The smallest absolute Gasteiger partial charge is 0.272 e. The van der Waals surface area contributed by atoms with Crippen LogP contribution in [0.2, 0.25) is 0 Å². The van der Waals surface area contributed by atoms with Crippen molar-refractivity contribution >= 4 is 17.3 Å². The fraction of sp³-hybridized carbons (Fsp3) is 0.588. The van der Waals surface area contributed by atoms with Crippen molar-refractivity contribution in [2.75, 3.05) is 18.0 Å². The lowest BCUT2D eigenvalue weighted by Gasteiger charge is -2.34. The van der Waals surface area contributed by atoms with Crippen LogP contribution in [-0.4, -0.2) is 30.0 Å². The molecule has 24 heavy (non-hydrogen) atoms. The molecule has 0 spiro atoms. The second kappa shape index (κ2) is 8.08. The largest absolute Gasteiger partial charge is 0.368 e. The molecule has 7 heteroatoms. The predicted molar refractivity (Wildman–Crippen MR) is 90.5 cm³/mol. The molecule has 0 aromatic heterocycles. The van der Waals surface area contributed by atoms with Crippen LogP contribution in [0, 0.1) is 21.8 Å². The van der Waals surface area contributed by atoms with E-state index in [1.165, 1.54) is 12.1 Å². The van der Waals surface area contributed by atoms with Crippen LogP contribution in [0.25, 0.3) is 0 Å². The monoisotopic (exact) mass is 337 g/mol. The van der Waals surface area contributed by atoms with E-state index in [0.717, 1.165) is 31.7 Å². The number of carbonyl (C=O) groups excluding carboxylic acids is 1. The number of anilines is 1. The summed E-state index contributed by atoms with van der Waals surface area (Å²) in [6.07, 6.45) is 3.50. The lowest BCUT2D eigenvalue weighted by Crippen LogP contribution is -2.45. The van der Waals surface area contributed by atoms with Crippen molar-refractivity contribution in [1.29, 1.82) is 0 Å². The number of amides is 1. The zero-order chi connectivity index (χ0) is 17.7. The number of hydrogen-bond acceptors (Lipinski definition) is 4. The Kier molecular flexibility index (Phi) is 6.11. The number of nitro groups is 1. The minimum Gasteiger partial charge on any atom is -0.368 e. The Hall–Kier alpha value is -2.18. The number of nitrogens with one attached hydrogen (secondary N) is 1. The van der Waals surface area contributed by atoms with E-state index in [2.05, 4.69) is 12.2 Å². The van der Waals surface area contributed by atoms with Gasteiger partial charge >= 0.3 is 0 Å². The Bertz CT molecular complexity index is 609. The van der Waals surface area contributed by atoms with Crippen molar-refractivity contribution in [3.63, 3.8) is 0 Å². The van der Waals surface area contributed by atoms with Gasteiger partial charge in [-0.05, 0) is 32.3 Å². The average molecular weight is 337 g/mol. The zero-order valence-corrected chi connectivity index (χ0v) is 14.1. The summed E-state index contributed by atoms with van der Waals surface area (Å²) >= 11 is 0. The van der Waals surface area contributed by atoms with Gasteiger partial charge in [-0.2, -0.15) is 0 Å². The first kappa shape index (κ1) is 18.2. The second-order valence-corrected chi connectivity index (χ2v) is 6.38. The summed E-state index contributed by atoms with van der Waals surface area (Å²) in [5, 5.41) is 13.7. The van der Waals surface area contributed by atoms with Gasteiger partial charge in [-0.15, -0.1) is 0 Å². The molecule has 132 valence electrons. The molecule has 1 saturated heterocycles. The van der Waals surface area contributed by atoms with Crippen LogP contribution >= 0.6 is 0 Å². The third kappa shape index (κ3) is 4.43. The van der Waals surface area contributed by atoms with Gasteiger partial charge in [0.05, 0.1) is 22.6 Å². The van der Waals surface area contributed by atoms with Gasteiger partial charge in [0.2, 0.25) is 5.91 Å². The maximum absolute atomic E-state index is 14.2. The van der Waals surface area contributed by atoms with E-state index in [0.29, 0.717) is 18.8 Å². The third-order valence-electron chi connectivity index (χ3n) is 4.39. The average Bonchev–Trinajstić information content (AvgIpc) is 2.55. The SMILES string of the molecule is CCCC(C)NC(=O)C1CCCN(c2ccc([N+](=O)[O-])cc2F)C1. The minimum atomic E-state index is -0.621. The van der Waals surface area contributed by atoms with E-state index in [1.807, 2.05) is 6.92 Å². The first-order chi connectivity index (χ1) is 11.4. The fourth-order valence-electron chi connectivity index (χ4n) is 3.14. The van der Waals surface area contributed by atoms with E-state index in [4.69, 9.17) is 0 Å².